The van der Waals surface area contributed by atoms with E-state index in [1.54, 1.807) is 6.07 Å². The fraction of sp³-hybridized carbons (Fsp3) is 0.444. The van der Waals surface area contributed by atoms with Crippen LogP contribution in [0.1, 0.15) is 49.1 Å². The van der Waals surface area contributed by atoms with Gasteiger partial charge in [0.15, 0.2) is 5.76 Å². The van der Waals surface area contributed by atoms with E-state index in [4.69, 9.17) is 4.42 Å². The fourth-order valence-electron chi connectivity index (χ4n) is 3.06. The van der Waals surface area contributed by atoms with Gasteiger partial charge >= 0.3 is 0 Å². The molecule has 0 aliphatic heterocycles. The first-order chi connectivity index (χ1) is 11.6. The van der Waals surface area contributed by atoms with Gasteiger partial charge in [-0.25, -0.2) is 0 Å². The summed E-state index contributed by atoms with van der Waals surface area (Å²) in [6.45, 7) is 0.301. The lowest BCUT2D eigenvalue weighted by molar-refractivity contribution is -0.121. The van der Waals surface area contributed by atoms with Crippen molar-refractivity contribution in [3.63, 3.8) is 0 Å². The second kappa shape index (κ2) is 7.83. The van der Waals surface area contributed by atoms with Gasteiger partial charge in [-0.05, 0) is 40.9 Å². The third-order valence-corrected chi connectivity index (χ3v) is 4.95. The molecule has 1 saturated carbocycles. The number of rotatable bonds is 5. The molecule has 6 heteroatoms. The van der Waals surface area contributed by atoms with E-state index >= 15 is 0 Å². The largest absolute Gasteiger partial charge is 0.450 e. The molecule has 3 rings (SSSR count). The highest BCUT2D eigenvalue weighted by atomic mass is 79.9. The summed E-state index contributed by atoms with van der Waals surface area (Å²) < 4.78 is 6.39. The first kappa shape index (κ1) is 17.0. The number of hydrogen-bond donors (Lipinski definition) is 2. The molecule has 0 unspecified atom stereocenters. The van der Waals surface area contributed by atoms with Crippen LogP contribution < -0.4 is 10.6 Å². The fourth-order valence-corrected chi connectivity index (χ4v) is 3.53. The molecule has 0 saturated heterocycles. The molecule has 2 N–H and O–H groups in total. The van der Waals surface area contributed by atoms with Crippen LogP contribution in [0, 0.1) is 0 Å². The average Bonchev–Trinajstić information content (AvgIpc) is 3.01. The maximum absolute atomic E-state index is 12.1. The topological polar surface area (TPSA) is 71.3 Å². The third-order valence-electron chi connectivity index (χ3n) is 4.33. The Balaban J connectivity index is 1.47. The molecule has 0 radical (unpaired) electrons. The van der Waals surface area contributed by atoms with Gasteiger partial charge in [0.1, 0.15) is 5.58 Å². The number of para-hydroxylation sites is 1. The molecule has 1 fully saturated rings. The Kier molecular flexibility index (Phi) is 5.56. The van der Waals surface area contributed by atoms with E-state index in [1.165, 1.54) is 19.3 Å². The first-order valence-corrected chi connectivity index (χ1v) is 9.18. The van der Waals surface area contributed by atoms with Crippen molar-refractivity contribution in [3.8, 4) is 0 Å². The van der Waals surface area contributed by atoms with E-state index in [9.17, 15) is 9.59 Å². The molecule has 1 heterocycles. The highest BCUT2D eigenvalue weighted by molar-refractivity contribution is 9.10. The number of nitrogens with one attached hydrogen (secondary N) is 2. The minimum Gasteiger partial charge on any atom is -0.450 e. The maximum atomic E-state index is 12.1. The van der Waals surface area contributed by atoms with Crippen LogP contribution in [0.3, 0.4) is 0 Å². The second-order valence-corrected chi connectivity index (χ2v) is 7.03. The second-order valence-electron chi connectivity index (χ2n) is 6.18. The van der Waals surface area contributed by atoms with E-state index in [1.807, 2.05) is 18.2 Å². The molecule has 0 spiro atoms. The first-order valence-electron chi connectivity index (χ1n) is 8.39. The number of benzene rings is 1. The molecule has 1 aromatic heterocycles. The summed E-state index contributed by atoms with van der Waals surface area (Å²) in [6.07, 6.45) is 6.03. The van der Waals surface area contributed by atoms with Crippen LogP contribution in [0.15, 0.2) is 33.2 Å². The van der Waals surface area contributed by atoms with Gasteiger partial charge in [0.25, 0.3) is 5.91 Å². The van der Waals surface area contributed by atoms with Crippen LogP contribution >= 0.6 is 15.9 Å². The quantitative estimate of drug-likeness (QED) is 0.813. The van der Waals surface area contributed by atoms with Crippen molar-refractivity contribution >= 4 is 38.7 Å². The Hall–Kier alpha value is -1.82. The highest BCUT2D eigenvalue weighted by Crippen LogP contribution is 2.26. The van der Waals surface area contributed by atoms with Gasteiger partial charge in [0.05, 0.1) is 4.47 Å². The van der Waals surface area contributed by atoms with E-state index in [0.29, 0.717) is 18.2 Å². The van der Waals surface area contributed by atoms with Gasteiger partial charge in [-0.1, -0.05) is 31.4 Å². The van der Waals surface area contributed by atoms with Gasteiger partial charge < -0.3 is 15.1 Å². The highest BCUT2D eigenvalue weighted by Gasteiger charge is 2.16. The van der Waals surface area contributed by atoms with Crippen molar-refractivity contribution < 1.29 is 14.0 Å². The maximum Gasteiger partial charge on any atom is 0.287 e. The molecule has 1 aliphatic carbocycles. The molecule has 1 aliphatic rings. The number of carbonyl (C=O) groups is 2. The van der Waals surface area contributed by atoms with Crippen molar-refractivity contribution in [1.29, 1.82) is 0 Å². The molecular weight excluding hydrogens is 372 g/mol. The van der Waals surface area contributed by atoms with Gasteiger partial charge in [-0.15, -0.1) is 0 Å². The summed E-state index contributed by atoms with van der Waals surface area (Å²) in [5.41, 5.74) is 0.651. The van der Waals surface area contributed by atoms with Crippen LogP contribution in [0.5, 0.6) is 0 Å². The van der Waals surface area contributed by atoms with Crippen LogP contribution in [-0.2, 0) is 4.79 Å². The summed E-state index contributed by atoms with van der Waals surface area (Å²) in [4.78, 5) is 24.1. The molecule has 128 valence electrons. The Morgan fingerprint density at radius 2 is 2.00 bits per heavy atom. The number of halogens is 1. The number of hydrogen-bond acceptors (Lipinski definition) is 3. The lowest BCUT2D eigenvalue weighted by Crippen LogP contribution is -2.38. The lowest BCUT2D eigenvalue weighted by atomic mass is 9.95. The molecule has 2 aromatic rings. The van der Waals surface area contributed by atoms with Crippen LogP contribution in [0.2, 0.25) is 0 Å². The minimum atomic E-state index is -0.302. The van der Waals surface area contributed by atoms with E-state index in [0.717, 1.165) is 22.7 Å². The normalized spacial score (nSPS) is 15.4. The van der Waals surface area contributed by atoms with Crippen LogP contribution in [0.25, 0.3) is 11.0 Å². The van der Waals surface area contributed by atoms with E-state index < -0.39 is 0 Å². The van der Waals surface area contributed by atoms with Gasteiger partial charge in [-0.2, -0.15) is 0 Å². The monoisotopic (exact) mass is 392 g/mol. The number of carbonyl (C=O) groups excluding carboxylic acids is 2. The summed E-state index contributed by atoms with van der Waals surface area (Å²) in [5, 5.41) is 6.65. The lowest BCUT2D eigenvalue weighted by Gasteiger charge is -2.22. The molecule has 2 amide bonds. The van der Waals surface area contributed by atoms with Crippen molar-refractivity contribution in [2.75, 3.05) is 6.54 Å². The van der Waals surface area contributed by atoms with Gasteiger partial charge in [0.2, 0.25) is 5.91 Å². The van der Waals surface area contributed by atoms with Crippen molar-refractivity contribution in [2.24, 2.45) is 0 Å². The smallest absolute Gasteiger partial charge is 0.287 e. The Morgan fingerprint density at radius 1 is 1.21 bits per heavy atom. The van der Waals surface area contributed by atoms with Crippen molar-refractivity contribution in [3.05, 3.63) is 34.5 Å². The van der Waals surface area contributed by atoms with E-state index in [2.05, 4.69) is 26.6 Å². The number of fused-ring (bicyclic) bond motifs is 1. The molecule has 5 nitrogen and oxygen atoms in total. The SMILES string of the molecule is O=C(CCNC(=O)c1cc2cccc(Br)c2o1)NC1CCCCC1. The van der Waals surface area contributed by atoms with Crippen molar-refractivity contribution in [2.45, 2.75) is 44.6 Å². The molecular formula is C18H21BrN2O3. The molecule has 0 atom stereocenters. The van der Waals surface area contributed by atoms with Crippen LogP contribution in [0.4, 0.5) is 0 Å². The van der Waals surface area contributed by atoms with Crippen molar-refractivity contribution in [1.82, 2.24) is 10.6 Å². The third kappa shape index (κ3) is 4.17. The number of furan rings is 1. The Bertz CT molecular complexity index is 735. The van der Waals surface area contributed by atoms with Gasteiger partial charge in [-0.3, -0.25) is 9.59 Å². The zero-order valence-corrected chi connectivity index (χ0v) is 15.0. The Labute approximate surface area is 149 Å². The summed E-state index contributed by atoms with van der Waals surface area (Å²) in [7, 11) is 0. The molecule has 24 heavy (non-hydrogen) atoms. The zero-order valence-electron chi connectivity index (χ0n) is 13.4. The van der Waals surface area contributed by atoms with Crippen LogP contribution in [-0.4, -0.2) is 24.4 Å². The predicted octanol–water partition coefficient (Wildman–Crippen LogP) is 3.76. The summed E-state index contributed by atoms with van der Waals surface area (Å²) >= 11 is 3.40. The van der Waals surface area contributed by atoms with Gasteiger partial charge in [0, 0.05) is 24.4 Å². The summed E-state index contributed by atoms with van der Waals surface area (Å²) in [6, 6.07) is 7.65. The Morgan fingerprint density at radius 3 is 2.75 bits per heavy atom. The minimum absolute atomic E-state index is 0.00505. The number of amides is 2. The zero-order chi connectivity index (χ0) is 16.9. The van der Waals surface area contributed by atoms with E-state index in [-0.39, 0.29) is 24.0 Å². The standard InChI is InChI=1S/C18H21BrN2O3/c19-14-8-4-5-12-11-15(24-17(12)14)18(23)20-10-9-16(22)21-13-6-2-1-3-7-13/h4-5,8,11,13H,1-3,6-7,9-10H2,(H,20,23)(H,21,22). The average molecular weight is 393 g/mol. The predicted molar refractivity (Wildman–Crippen MR) is 95.9 cm³/mol. The molecule has 0 bridgehead atoms. The molecule has 1 aromatic carbocycles. The summed E-state index contributed by atoms with van der Waals surface area (Å²) in [5.74, 6) is -0.0531.